The van der Waals surface area contributed by atoms with Crippen LogP contribution >= 0.6 is 11.6 Å². The van der Waals surface area contributed by atoms with Gasteiger partial charge in [0.2, 0.25) is 0 Å². The number of rotatable bonds is 1. The van der Waals surface area contributed by atoms with Crippen molar-refractivity contribution in [2.24, 2.45) is 0 Å². The average molecular weight is 278 g/mol. The van der Waals surface area contributed by atoms with E-state index in [2.05, 4.69) is 30.3 Å². The van der Waals surface area contributed by atoms with Crippen molar-refractivity contribution >= 4 is 17.4 Å². The standard InChI is InChI=1S/C15H20ClN3/c1-9-6-7-11(8-12(9)16)13-14(17)19(10(2)18-13)15(3,4)5/h6-8H,17H2,1-5H3. The van der Waals surface area contributed by atoms with Crippen LogP contribution in [0.1, 0.15) is 32.2 Å². The number of benzene rings is 1. The van der Waals surface area contributed by atoms with Gasteiger partial charge in [-0.2, -0.15) is 0 Å². The van der Waals surface area contributed by atoms with Crippen molar-refractivity contribution in [3.05, 3.63) is 34.6 Å². The lowest BCUT2D eigenvalue weighted by Gasteiger charge is -2.24. The molecule has 0 saturated carbocycles. The summed E-state index contributed by atoms with van der Waals surface area (Å²) in [4.78, 5) is 4.60. The lowest BCUT2D eigenvalue weighted by Crippen LogP contribution is -2.24. The molecule has 4 heteroatoms. The highest BCUT2D eigenvalue weighted by atomic mass is 35.5. The number of halogens is 1. The topological polar surface area (TPSA) is 43.8 Å². The Labute approximate surface area is 119 Å². The van der Waals surface area contributed by atoms with Gasteiger partial charge in [-0.05, 0) is 46.2 Å². The first-order valence-corrected chi connectivity index (χ1v) is 6.71. The second-order valence-corrected chi connectivity index (χ2v) is 6.27. The van der Waals surface area contributed by atoms with Crippen molar-refractivity contribution in [1.82, 2.24) is 9.55 Å². The molecule has 2 aromatic rings. The SMILES string of the molecule is Cc1ccc(-c2nc(C)n(C(C)(C)C)c2N)cc1Cl. The fourth-order valence-electron chi connectivity index (χ4n) is 2.35. The van der Waals surface area contributed by atoms with Crippen molar-refractivity contribution < 1.29 is 0 Å². The Kier molecular flexibility index (Phi) is 3.35. The minimum Gasteiger partial charge on any atom is -0.383 e. The molecule has 0 atom stereocenters. The molecule has 0 spiro atoms. The number of aromatic nitrogens is 2. The van der Waals surface area contributed by atoms with E-state index >= 15 is 0 Å². The normalized spacial score (nSPS) is 11.9. The Bertz CT molecular complexity index is 621. The second kappa shape index (κ2) is 4.57. The summed E-state index contributed by atoms with van der Waals surface area (Å²) in [5.74, 6) is 1.60. The quantitative estimate of drug-likeness (QED) is 0.851. The number of hydrogen-bond acceptors (Lipinski definition) is 2. The maximum atomic E-state index is 6.27. The van der Waals surface area contributed by atoms with Crippen LogP contribution in [0.4, 0.5) is 5.82 Å². The first-order valence-electron chi connectivity index (χ1n) is 6.33. The molecule has 0 fully saturated rings. The summed E-state index contributed by atoms with van der Waals surface area (Å²) in [5, 5.41) is 0.736. The molecule has 1 aromatic carbocycles. The maximum absolute atomic E-state index is 6.27. The van der Waals surface area contributed by atoms with Crippen LogP contribution in [0.3, 0.4) is 0 Å². The van der Waals surface area contributed by atoms with Gasteiger partial charge < -0.3 is 10.3 Å². The lowest BCUT2D eigenvalue weighted by molar-refractivity contribution is 0.393. The highest BCUT2D eigenvalue weighted by molar-refractivity contribution is 6.31. The summed E-state index contributed by atoms with van der Waals surface area (Å²) < 4.78 is 2.05. The van der Waals surface area contributed by atoms with Crippen LogP contribution < -0.4 is 5.73 Å². The number of imidazole rings is 1. The summed E-state index contributed by atoms with van der Waals surface area (Å²) in [6.45, 7) is 10.3. The molecular formula is C15H20ClN3. The van der Waals surface area contributed by atoms with Crippen molar-refractivity contribution in [2.75, 3.05) is 5.73 Å². The van der Waals surface area contributed by atoms with Gasteiger partial charge in [-0.25, -0.2) is 4.98 Å². The van der Waals surface area contributed by atoms with Crippen LogP contribution in [0.15, 0.2) is 18.2 Å². The number of nitrogens with two attached hydrogens (primary N) is 1. The molecule has 2 N–H and O–H groups in total. The molecule has 3 nitrogen and oxygen atoms in total. The fraction of sp³-hybridized carbons (Fsp3) is 0.400. The number of aryl methyl sites for hydroxylation is 2. The van der Waals surface area contributed by atoms with Gasteiger partial charge in [0, 0.05) is 16.1 Å². The van der Waals surface area contributed by atoms with Crippen molar-refractivity contribution in [1.29, 1.82) is 0 Å². The van der Waals surface area contributed by atoms with E-state index in [9.17, 15) is 0 Å². The molecule has 1 aromatic heterocycles. The molecule has 19 heavy (non-hydrogen) atoms. The molecule has 102 valence electrons. The zero-order chi connectivity index (χ0) is 14.4. The summed E-state index contributed by atoms with van der Waals surface area (Å²) in [6.07, 6.45) is 0. The molecule has 0 radical (unpaired) electrons. The highest BCUT2D eigenvalue weighted by Gasteiger charge is 2.22. The van der Waals surface area contributed by atoms with Crippen molar-refractivity contribution in [3.8, 4) is 11.3 Å². The number of anilines is 1. The Morgan fingerprint density at radius 1 is 1.21 bits per heavy atom. The van der Waals surface area contributed by atoms with Crippen LogP contribution in [0.25, 0.3) is 11.3 Å². The van der Waals surface area contributed by atoms with Crippen LogP contribution in [0.2, 0.25) is 5.02 Å². The lowest BCUT2D eigenvalue weighted by atomic mass is 10.1. The third kappa shape index (κ3) is 2.47. The molecule has 0 saturated heterocycles. The smallest absolute Gasteiger partial charge is 0.132 e. The molecule has 0 bridgehead atoms. The van der Waals surface area contributed by atoms with E-state index in [1.54, 1.807) is 0 Å². The van der Waals surface area contributed by atoms with Crippen LogP contribution in [0.5, 0.6) is 0 Å². The third-order valence-corrected chi connectivity index (χ3v) is 3.60. The molecule has 0 amide bonds. The molecule has 0 unspecified atom stereocenters. The van der Waals surface area contributed by atoms with E-state index in [4.69, 9.17) is 17.3 Å². The monoisotopic (exact) mass is 277 g/mol. The zero-order valence-corrected chi connectivity index (χ0v) is 12.8. The summed E-state index contributed by atoms with van der Waals surface area (Å²) in [7, 11) is 0. The fourth-order valence-corrected chi connectivity index (χ4v) is 2.53. The van der Waals surface area contributed by atoms with Gasteiger partial charge in [-0.3, -0.25) is 0 Å². The molecule has 0 aliphatic heterocycles. The Balaban J connectivity index is 2.61. The van der Waals surface area contributed by atoms with Gasteiger partial charge in [0.1, 0.15) is 17.3 Å². The van der Waals surface area contributed by atoms with Gasteiger partial charge in [0.15, 0.2) is 0 Å². The van der Waals surface area contributed by atoms with E-state index in [0.717, 1.165) is 27.7 Å². The highest BCUT2D eigenvalue weighted by Crippen LogP contribution is 2.32. The van der Waals surface area contributed by atoms with Gasteiger partial charge in [0.05, 0.1) is 0 Å². The summed E-state index contributed by atoms with van der Waals surface area (Å²) in [6, 6.07) is 5.91. The Hall–Kier alpha value is -1.48. The first kappa shape index (κ1) is 13.9. The predicted octanol–water partition coefficient (Wildman–Crippen LogP) is 4.16. The number of nitrogen functional groups attached to an aromatic ring is 1. The van der Waals surface area contributed by atoms with Gasteiger partial charge in [0.25, 0.3) is 0 Å². The van der Waals surface area contributed by atoms with E-state index in [-0.39, 0.29) is 5.54 Å². The molecule has 0 aliphatic rings. The van der Waals surface area contributed by atoms with E-state index in [1.807, 2.05) is 32.0 Å². The van der Waals surface area contributed by atoms with E-state index in [0.29, 0.717) is 5.82 Å². The van der Waals surface area contributed by atoms with E-state index in [1.165, 1.54) is 0 Å². The third-order valence-electron chi connectivity index (χ3n) is 3.20. The molecular weight excluding hydrogens is 258 g/mol. The maximum Gasteiger partial charge on any atom is 0.132 e. The minimum absolute atomic E-state index is 0.0894. The second-order valence-electron chi connectivity index (χ2n) is 5.86. The van der Waals surface area contributed by atoms with Gasteiger partial charge in [-0.1, -0.05) is 23.7 Å². The van der Waals surface area contributed by atoms with Gasteiger partial charge in [-0.15, -0.1) is 0 Å². The minimum atomic E-state index is -0.0894. The first-order chi connectivity index (χ1) is 8.71. The van der Waals surface area contributed by atoms with Gasteiger partial charge >= 0.3 is 0 Å². The molecule has 0 aliphatic carbocycles. The Morgan fingerprint density at radius 3 is 2.32 bits per heavy atom. The summed E-state index contributed by atoms with van der Waals surface area (Å²) in [5.41, 5.74) is 8.99. The van der Waals surface area contributed by atoms with Crippen LogP contribution in [-0.4, -0.2) is 9.55 Å². The largest absolute Gasteiger partial charge is 0.383 e. The number of nitrogens with zero attached hydrogens (tertiary/aromatic N) is 2. The van der Waals surface area contributed by atoms with Crippen LogP contribution in [-0.2, 0) is 5.54 Å². The van der Waals surface area contributed by atoms with Crippen molar-refractivity contribution in [3.63, 3.8) is 0 Å². The van der Waals surface area contributed by atoms with Crippen LogP contribution in [0, 0.1) is 13.8 Å². The molecule has 1 heterocycles. The number of hydrogen-bond donors (Lipinski definition) is 1. The Morgan fingerprint density at radius 2 is 1.84 bits per heavy atom. The average Bonchev–Trinajstić information content (AvgIpc) is 2.57. The van der Waals surface area contributed by atoms with Crippen molar-refractivity contribution in [2.45, 2.75) is 40.2 Å². The van der Waals surface area contributed by atoms with E-state index < -0.39 is 0 Å². The summed E-state index contributed by atoms with van der Waals surface area (Å²) >= 11 is 6.18. The predicted molar refractivity (Wildman–Crippen MR) is 81.6 cm³/mol. The zero-order valence-electron chi connectivity index (χ0n) is 12.1. The molecule has 2 rings (SSSR count).